The highest BCUT2D eigenvalue weighted by Gasteiger charge is 2.14. The van der Waals surface area contributed by atoms with Crippen molar-refractivity contribution in [3.63, 3.8) is 0 Å². The lowest BCUT2D eigenvalue weighted by Crippen LogP contribution is -2.20. The fourth-order valence-electron chi connectivity index (χ4n) is 1.86. The fraction of sp³-hybridized carbons (Fsp3) is 0.214. The Balaban J connectivity index is 2.21. The van der Waals surface area contributed by atoms with Crippen molar-refractivity contribution < 1.29 is 8.78 Å². The van der Waals surface area contributed by atoms with Gasteiger partial charge in [0.05, 0.1) is 17.9 Å². The molecule has 2 aromatic rings. The first-order valence-corrected chi connectivity index (χ1v) is 6.20. The number of pyridine rings is 1. The molecule has 1 N–H and O–H groups in total. The molecule has 5 heteroatoms. The monoisotopic (exact) mass is 282 g/mol. The van der Waals surface area contributed by atoms with Crippen LogP contribution in [0.1, 0.15) is 17.3 Å². The molecule has 1 atom stereocenters. The molecule has 0 saturated heterocycles. The summed E-state index contributed by atoms with van der Waals surface area (Å²) in [4.78, 5) is 4.04. The average molecular weight is 283 g/mol. The van der Waals surface area contributed by atoms with E-state index in [9.17, 15) is 8.78 Å². The Morgan fingerprint density at radius 3 is 2.53 bits per heavy atom. The van der Waals surface area contributed by atoms with Gasteiger partial charge in [-0.1, -0.05) is 17.7 Å². The van der Waals surface area contributed by atoms with Crippen LogP contribution in [0.15, 0.2) is 36.5 Å². The smallest absolute Gasteiger partial charge is 0.141 e. The van der Waals surface area contributed by atoms with Gasteiger partial charge in [-0.15, -0.1) is 0 Å². The molecule has 0 spiro atoms. The first-order chi connectivity index (χ1) is 9.10. The molecule has 1 aromatic heterocycles. The summed E-state index contributed by atoms with van der Waals surface area (Å²) in [6.07, 6.45) is 1.72. The SMILES string of the molecule is CNC(Cc1ccc(F)cc1Cl)c1ccc(F)cn1. The molecule has 0 radical (unpaired) electrons. The van der Waals surface area contributed by atoms with Crippen molar-refractivity contribution >= 4 is 11.6 Å². The summed E-state index contributed by atoms with van der Waals surface area (Å²) in [6, 6.07) is 7.16. The van der Waals surface area contributed by atoms with Crippen LogP contribution in [0.25, 0.3) is 0 Å². The van der Waals surface area contributed by atoms with Gasteiger partial charge >= 0.3 is 0 Å². The van der Waals surface area contributed by atoms with Crippen molar-refractivity contribution in [1.29, 1.82) is 0 Å². The number of hydrogen-bond acceptors (Lipinski definition) is 2. The summed E-state index contributed by atoms with van der Waals surface area (Å²) in [5, 5.41) is 3.47. The van der Waals surface area contributed by atoms with E-state index >= 15 is 0 Å². The normalized spacial score (nSPS) is 12.4. The third-order valence-corrected chi connectivity index (χ3v) is 3.25. The summed E-state index contributed by atoms with van der Waals surface area (Å²) < 4.78 is 25.8. The maximum absolute atomic E-state index is 13.0. The number of rotatable bonds is 4. The maximum atomic E-state index is 13.0. The largest absolute Gasteiger partial charge is 0.311 e. The van der Waals surface area contributed by atoms with Crippen molar-refractivity contribution in [2.45, 2.75) is 12.5 Å². The lowest BCUT2D eigenvalue weighted by Gasteiger charge is -2.16. The van der Waals surface area contributed by atoms with E-state index in [4.69, 9.17) is 11.6 Å². The van der Waals surface area contributed by atoms with Crippen molar-refractivity contribution in [2.24, 2.45) is 0 Å². The number of likely N-dealkylation sites (N-methyl/N-ethyl adjacent to an activating group) is 1. The zero-order valence-electron chi connectivity index (χ0n) is 10.3. The van der Waals surface area contributed by atoms with E-state index in [1.54, 1.807) is 19.2 Å². The minimum Gasteiger partial charge on any atom is -0.311 e. The summed E-state index contributed by atoms with van der Waals surface area (Å²) in [7, 11) is 1.78. The molecule has 19 heavy (non-hydrogen) atoms. The zero-order valence-corrected chi connectivity index (χ0v) is 11.1. The van der Waals surface area contributed by atoms with Crippen LogP contribution >= 0.6 is 11.6 Å². The molecule has 1 heterocycles. The van der Waals surface area contributed by atoms with Gasteiger partial charge in [0.15, 0.2) is 0 Å². The van der Waals surface area contributed by atoms with Gasteiger partial charge in [0.25, 0.3) is 0 Å². The number of halogens is 3. The van der Waals surface area contributed by atoms with Crippen LogP contribution < -0.4 is 5.32 Å². The van der Waals surface area contributed by atoms with E-state index in [-0.39, 0.29) is 17.7 Å². The first-order valence-electron chi connectivity index (χ1n) is 5.83. The summed E-state index contributed by atoms with van der Waals surface area (Å²) in [6.45, 7) is 0. The Morgan fingerprint density at radius 1 is 1.21 bits per heavy atom. The lowest BCUT2D eigenvalue weighted by atomic mass is 10.0. The predicted molar refractivity (Wildman–Crippen MR) is 71.1 cm³/mol. The molecule has 0 fully saturated rings. The highest BCUT2D eigenvalue weighted by atomic mass is 35.5. The second-order valence-corrected chi connectivity index (χ2v) is 4.59. The summed E-state index contributed by atoms with van der Waals surface area (Å²) in [5.41, 5.74) is 1.53. The Labute approximate surface area is 115 Å². The van der Waals surface area contributed by atoms with Gasteiger partial charge in [-0.2, -0.15) is 0 Å². The Hall–Kier alpha value is -1.52. The molecule has 0 aliphatic rings. The van der Waals surface area contributed by atoms with Crippen LogP contribution in [0.2, 0.25) is 5.02 Å². The zero-order chi connectivity index (χ0) is 13.8. The summed E-state index contributed by atoms with van der Waals surface area (Å²) in [5.74, 6) is -0.743. The second-order valence-electron chi connectivity index (χ2n) is 4.18. The van der Waals surface area contributed by atoms with Gasteiger partial charge < -0.3 is 5.32 Å². The number of nitrogens with zero attached hydrogens (tertiary/aromatic N) is 1. The minimum absolute atomic E-state index is 0.108. The van der Waals surface area contributed by atoms with Crippen molar-refractivity contribution in [2.75, 3.05) is 7.05 Å². The van der Waals surface area contributed by atoms with E-state index < -0.39 is 0 Å². The molecule has 100 valence electrons. The van der Waals surface area contributed by atoms with Gasteiger partial charge in [-0.3, -0.25) is 4.98 Å². The second kappa shape index (κ2) is 6.08. The molecule has 0 aliphatic carbocycles. The Morgan fingerprint density at radius 2 is 1.95 bits per heavy atom. The van der Waals surface area contributed by atoms with Crippen molar-refractivity contribution in [3.8, 4) is 0 Å². The van der Waals surface area contributed by atoms with Crippen LogP contribution in [0.4, 0.5) is 8.78 Å². The molecule has 0 aliphatic heterocycles. The molecular weight excluding hydrogens is 270 g/mol. The third kappa shape index (κ3) is 3.49. The molecule has 0 amide bonds. The van der Waals surface area contributed by atoms with Gasteiger partial charge in [-0.05, 0) is 43.3 Å². The van der Waals surface area contributed by atoms with Crippen LogP contribution in [0.5, 0.6) is 0 Å². The van der Waals surface area contributed by atoms with Crippen LogP contribution in [0, 0.1) is 11.6 Å². The number of benzene rings is 1. The van der Waals surface area contributed by atoms with E-state index in [0.717, 1.165) is 5.56 Å². The maximum Gasteiger partial charge on any atom is 0.141 e. The first kappa shape index (κ1) is 13.9. The highest BCUT2D eigenvalue weighted by molar-refractivity contribution is 6.31. The van der Waals surface area contributed by atoms with Gasteiger partial charge in [0, 0.05) is 5.02 Å². The number of nitrogens with one attached hydrogen (secondary N) is 1. The van der Waals surface area contributed by atoms with E-state index in [1.165, 1.54) is 24.4 Å². The van der Waals surface area contributed by atoms with Crippen molar-refractivity contribution in [1.82, 2.24) is 10.3 Å². The molecule has 2 nitrogen and oxygen atoms in total. The van der Waals surface area contributed by atoms with Gasteiger partial charge in [0.1, 0.15) is 11.6 Å². The standard InChI is InChI=1S/C14H13ClF2N2/c1-18-14(13-5-4-11(17)8-19-13)6-9-2-3-10(16)7-12(9)15/h2-5,7-8,14,18H,6H2,1H3. The molecule has 1 aromatic carbocycles. The van der Waals surface area contributed by atoms with Crippen LogP contribution in [-0.2, 0) is 6.42 Å². The predicted octanol–water partition coefficient (Wildman–Crippen LogP) is 3.52. The molecule has 1 unspecified atom stereocenters. The molecule has 0 saturated carbocycles. The quantitative estimate of drug-likeness (QED) is 0.928. The minimum atomic E-state index is -0.376. The lowest BCUT2D eigenvalue weighted by molar-refractivity contribution is 0.564. The summed E-state index contributed by atoms with van der Waals surface area (Å²) >= 11 is 6.00. The number of hydrogen-bond donors (Lipinski definition) is 1. The Bertz CT molecular complexity index is 558. The fourth-order valence-corrected chi connectivity index (χ4v) is 2.10. The van der Waals surface area contributed by atoms with E-state index in [0.29, 0.717) is 17.1 Å². The number of aromatic nitrogens is 1. The van der Waals surface area contributed by atoms with Gasteiger partial charge in [-0.25, -0.2) is 8.78 Å². The average Bonchev–Trinajstić information content (AvgIpc) is 2.39. The third-order valence-electron chi connectivity index (χ3n) is 2.89. The topological polar surface area (TPSA) is 24.9 Å². The molecule has 2 rings (SSSR count). The Kier molecular flexibility index (Phi) is 4.45. The highest BCUT2D eigenvalue weighted by Crippen LogP contribution is 2.23. The van der Waals surface area contributed by atoms with E-state index in [1.807, 2.05) is 0 Å². The van der Waals surface area contributed by atoms with Crippen LogP contribution in [-0.4, -0.2) is 12.0 Å². The van der Waals surface area contributed by atoms with Gasteiger partial charge in [0.2, 0.25) is 0 Å². The van der Waals surface area contributed by atoms with Crippen molar-refractivity contribution in [3.05, 3.63) is 64.4 Å². The molecule has 0 bridgehead atoms. The van der Waals surface area contributed by atoms with Crippen LogP contribution in [0.3, 0.4) is 0 Å². The molecular formula is C14H13ClF2N2. The van der Waals surface area contributed by atoms with E-state index in [2.05, 4.69) is 10.3 Å².